The molecule has 0 bridgehead atoms. The number of fused-ring (bicyclic) bond motifs is 1. The van der Waals surface area contributed by atoms with Crippen LogP contribution in [0.15, 0.2) is 48.7 Å². The first-order chi connectivity index (χ1) is 17.1. The van der Waals surface area contributed by atoms with E-state index < -0.39 is 0 Å². The Morgan fingerprint density at radius 1 is 1.06 bits per heavy atom. The van der Waals surface area contributed by atoms with Gasteiger partial charge in [0.15, 0.2) is 0 Å². The molecular weight excluding hydrogens is 442 g/mol. The number of carbonyl (C=O) groups excluding carboxylic acids is 1. The molecule has 35 heavy (non-hydrogen) atoms. The van der Waals surface area contributed by atoms with Crippen molar-refractivity contribution in [3.05, 3.63) is 54.2 Å². The number of hydrogen-bond donors (Lipinski definition) is 1. The summed E-state index contributed by atoms with van der Waals surface area (Å²) < 4.78 is 11.7. The van der Waals surface area contributed by atoms with Crippen molar-refractivity contribution in [2.24, 2.45) is 0 Å². The highest BCUT2D eigenvalue weighted by Gasteiger charge is 2.23. The molecule has 0 radical (unpaired) electrons. The Kier molecular flexibility index (Phi) is 7.11. The number of anilines is 2. The normalized spacial score (nSPS) is 17.6. The van der Waals surface area contributed by atoms with Gasteiger partial charge in [-0.05, 0) is 57.0 Å². The molecule has 5 rings (SSSR count). The van der Waals surface area contributed by atoms with E-state index in [2.05, 4.69) is 29.0 Å². The number of aromatic nitrogens is 2. The van der Waals surface area contributed by atoms with E-state index in [9.17, 15) is 4.79 Å². The fourth-order valence-electron chi connectivity index (χ4n) is 4.65. The van der Waals surface area contributed by atoms with Gasteiger partial charge in [0.05, 0.1) is 13.2 Å². The minimum absolute atomic E-state index is 0.0304. The molecule has 2 saturated heterocycles. The third kappa shape index (κ3) is 5.55. The van der Waals surface area contributed by atoms with Crippen LogP contribution < -0.4 is 10.1 Å². The van der Waals surface area contributed by atoms with Gasteiger partial charge in [-0.25, -0.2) is 9.97 Å². The van der Waals surface area contributed by atoms with Gasteiger partial charge in [-0.15, -0.1) is 0 Å². The number of nitrogens with one attached hydrogen (secondary N) is 1. The maximum absolute atomic E-state index is 12.7. The second kappa shape index (κ2) is 10.6. The van der Waals surface area contributed by atoms with Crippen molar-refractivity contribution in [1.29, 1.82) is 0 Å². The van der Waals surface area contributed by atoms with Crippen LogP contribution in [0.25, 0.3) is 10.9 Å². The molecule has 0 atom stereocenters. The smallest absolute Gasteiger partial charge is 0.254 e. The summed E-state index contributed by atoms with van der Waals surface area (Å²) in [5.41, 5.74) is 2.29. The molecule has 2 aliphatic heterocycles. The van der Waals surface area contributed by atoms with Gasteiger partial charge in [0.25, 0.3) is 5.91 Å². The first kappa shape index (κ1) is 23.5. The highest BCUT2D eigenvalue weighted by Crippen LogP contribution is 2.28. The Morgan fingerprint density at radius 3 is 2.51 bits per heavy atom. The topological polar surface area (TPSA) is 79.8 Å². The third-order valence-corrected chi connectivity index (χ3v) is 6.76. The molecule has 1 amide bonds. The number of piperidine rings is 1. The van der Waals surface area contributed by atoms with Gasteiger partial charge in [-0.1, -0.05) is 12.1 Å². The van der Waals surface area contributed by atoms with Crippen molar-refractivity contribution in [2.75, 3.05) is 44.7 Å². The second-order valence-electron chi connectivity index (χ2n) is 9.44. The van der Waals surface area contributed by atoms with Crippen LogP contribution in [0.1, 0.15) is 37.0 Å². The Hall–Kier alpha value is -3.23. The summed E-state index contributed by atoms with van der Waals surface area (Å²) in [5, 5.41) is 4.21. The predicted molar refractivity (Wildman–Crippen MR) is 136 cm³/mol. The Balaban J connectivity index is 1.27. The minimum Gasteiger partial charge on any atom is -0.488 e. The van der Waals surface area contributed by atoms with Crippen LogP contribution >= 0.6 is 0 Å². The number of hydrogen-bond acceptors (Lipinski definition) is 7. The summed E-state index contributed by atoms with van der Waals surface area (Å²) in [6, 6.07) is 14.0. The third-order valence-electron chi connectivity index (χ3n) is 6.76. The summed E-state index contributed by atoms with van der Waals surface area (Å²) in [4.78, 5) is 26.2. The highest BCUT2D eigenvalue weighted by atomic mass is 16.5. The van der Waals surface area contributed by atoms with Crippen LogP contribution in [0.4, 0.5) is 11.6 Å². The lowest BCUT2D eigenvalue weighted by Crippen LogP contribution is -2.41. The average molecular weight is 476 g/mol. The Bertz CT molecular complexity index is 1150. The lowest BCUT2D eigenvalue weighted by atomic mass is 10.1. The van der Waals surface area contributed by atoms with Gasteiger partial charge in [-0.3, -0.25) is 4.79 Å². The summed E-state index contributed by atoms with van der Waals surface area (Å²) >= 11 is 0. The van der Waals surface area contributed by atoms with Crippen LogP contribution in [-0.4, -0.2) is 77.2 Å². The van der Waals surface area contributed by atoms with Crippen molar-refractivity contribution >= 4 is 28.4 Å². The molecule has 0 unspecified atom stereocenters. The van der Waals surface area contributed by atoms with Crippen molar-refractivity contribution in [3.8, 4) is 5.75 Å². The number of likely N-dealkylation sites (tertiary alicyclic amines) is 1. The zero-order chi connectivity index (χ0) is 24.2. The van der Waals surface area contributed by atoms with E-state index in [0.717, 1.165) is 48.3 Å². The van der Waals surface area contributed by atoms with Crippen molar-refractivity contribution in [1.82, 2.24) is 19.8 Å². The average Bonchev–Trinajstić information content (AvgIpc) is 2.90. The number of benzene rings is 2. The molecule has 0 saturated carbocycles. The second-order valence-corrected chi connectivity index (χ2v) is 9.44. The molecule has 1 aromatic heterocycles. The molecule has 8 heteroatoms. The van der Waals surface area contributed by atoms with Gasteiger partial charge < -0.3 is 24.6 Å². The lowest BCUT2D eigenvalue weighted by molar-refractivity contribution is 0.0303. The quantitative estimate of drug-likeness (QED) is 0.575. The SMILES string of the molecule is CC(C)N1CCC(Oc2cccc3cnc(Nc4ccc(C(=O)N5CCOCC5)cc4)nc23)CC1. The van der Waals surface area contributed by atoms with E-state index in [1.807, 2.05) is 53.6 Å². The largest absolute Gasteiger partial charge is 0.488 e. The summed E-state index contributed by atoms with van der Waals surface area (Å²) in [6.07, 6.45) is 4.04. The van der Waals surface area contributed by atoms with Crippen molar-refractivity contribution in [2.45, 2.75) is 38.8 Å². The number of rotatable bonds is 6. The van der Waals surface area contributed by atoms with Crippen LogP contribution in [0, 0.1) is 0 Å². The minimum atomic E-state index is 0.0304. The maximum Gasteiger partial charge on any atom is 0.254 e. The van der Waals surface area contributed by atoms with Crippen LogP contribution in [0.3, 0.4) is 0 Å². The molecule has 1 N–H and O–H groups in total. The zero-order valence-corrected chi connectivity index (χ0v) is 20.4. The van der Waals surface area contributed by atoms with E-state index in [1.54, 1.807) is 0 Å². The fraction of sp³-hybridized carbons (Fsp3) is 0.444. The molecule has 2 fully saturated rings. The van der Waals surface area contributed by atoms with E-state index in [1.165, 1.54) is 0 Å². The first-order valence-electron chi connectivity index (χ1n) is 12.5. The predicted octanol–water partition coefficient (Wildman–Crippen LogP) is 4.10. The molecule has 2 aromatic carbocycles. The molecule has 3 heterocycles. The van der Waals surface area contributed by atoms with Gasteiger partial charge in [0, 0.05) is 55.1 Å². The summed E-state index contributed by atoms with van der Waals surface area (Å²) in [6.45, 7) is 9.04. The van der Waals surface area contributed by atoms with Crippen LogP contribution in [-0.2, 0) is 4.74 Å². The zero-order valence-electron chi connectivity index (χ0n) is 20.4. The summed E-state index contributed by atoms with van der Waals surface area (Å²) in [5.74, 6) is 1.32. The number of ether oxygens (including phenoxy) is 2. The van der Waals surface area contributed by atoms with Crippen LogP contribution in [0.5, 0.6) is 5.75 Å². The monoisotopic (exact) mass is 475 g/mol. The fourth-order valence-corrected chi connectivity index (χ4v) is 4.65. The van der Waals surface area contributed by atoms with E-state index >= 15 is 0 Å². The molecule has 184 valence electrons. The van der Waals surface area contributed by atoms with Crippen molar-refractivity contribution in [3.63, 3.8) is 0 Å². The molecule has 0 spiro atoms. The Morgan fingerprint density at radius 2 is 1.80 bits per heavy atom. The van der Waals surface area contributed by atoms with Gasteiger partial charge >= 0.3 is 0 Å². The highest BCUT2D eigenvalue weighted by molar-refractivity contribution is 5.94. The number of carbonyl (C=O) groups is 1. The van der Waals surface area contributed by atoms with E-state index in [-0.39, 0.29) is 12.0 Å². The molecule has 2 aliphatic rings. The standard InChI is InChI=1S/C27H33N5O3/c1-19(2)31-12-10-23(11-13-31)35-24-5-3-4-21-18-28-27(30-25(21)24)29-22-8-6-20(7-9-22)26(33)32-14-16-34-17-15-32/h3-9,18-19,23H,10-17H2,1-2H3,(H,28,29,30). The molecule has 8 nitrogen and oxygen atoms in total. The maximum atomic E-state index is 12.7. The molecular formula is C27H33N5O3. The van der Waals surface area contributed by atoms with E-state index in [0.29, 0.717) is 43.9 Å². The number of amides is 1. The van der Waals surface area contributed by atoms with Crippen molar-refractivity contribution < 1.29 is 14.3 Å². The lowest BCUT2D eigenvalue weighted by Gasteiger charge is -2.34. The van der Waals surface area contributed by atoms with Crippen LogP contribution in [0.2, 0.25) is 0 Å². The Labute approximate surface area is 206 Å². The number of morpholine rings is 1. The van der Waals surface area contributed by atoms with Gasteiger partial charge in [0.1, 0.15) is 17.4 Å². The number of nitrogens with zero attached hydrogens (tertiary/aromatic N) is 4. The first-order valence-corrected chi connectivity index (χ1v) is 12.5. The van der Waals surface area contributed by atoms with E-state index in [4.69, 9.17) is 14.5 Å². The molecule has 0 aliphatic carbocycles. The number of para-hydroxylation sites is 1. The van der Waals surface area contributed by atoms with Gasteiger partial charge in [0.2, 0.25) is 5.95 Å². The summed E-state index contributed by atoms with van der Waals surface area (Å²) in [7, 11) is 0. The molecule has 3 aromatic rings. The van der Waals surface area contributed by atoms with Gasteiger partial charge in [-0.2, -0.15) is 0 Å².